The highest BCUT2D eigenvalue weighted by Gasteiger charge is 2.60. The summed E-state index contributed by atoms with van der Waals surface area (Å²) in [6.07, 6.45) is 4.46. The number of hydrogen-bond acceptors (Lipinski definition) is 3. The summed E-state index contributed by atoms with van der Waals surface area (Å²) >= 11 is 3.86. The van der Waals surface area contributed by atoms with Gasteiger partial charge in [0.1, 0.15) is 12.2 Å². The van der Waals surface area contributed by atoms with Gasteiger partial charge >= 0.3 is 0 Å². The highest BCUT2D eigenvalue weighted by atomic mass is 79.9. The molecule has 2 aliphatic carbocycles. The average Bonchev–Trinajstić information content (AvgIpc) is 2.92. The van der Waals surface area contributed by atoms with Gasteiger partial charge in [0.05, 0.1) is 6.10 Å². The Balaban J connectivity index is 1.94. The molecule has 0 spiro atoms. The quantitative estimate of drug-likeness (QED) is 0.582. The molecule has 0 aromatic heterocycles. The van der Waals surface area contributed by atoms with E-state index in [9.17, 15) is 0 Å². The maximum absolute atomic E-state index is 6.31. The molecule has 0 radical (unpaired) electrons. The molecule has 20 heavy (non-hydrogen) atoms. The fourth-order valence-electron chi connectivity index (χ4n) is 4.41. The molecule has 3 aliphatic rings. The molecule has 3 fully saturated rings. The molecule has 2 bridgehead atoms. The number of halogens is 1. The van der Waals surface area contributed by atoms with E-state index in [1.807, 2.05) is 6.08 Å². The molecule has 0 aromatic rings. The van der Waals surface area contributed by atoms with Crippen molar-refractivity contribution in [3.63, 3.8) is 0 Å². The summed E-state index contributed by atoms with van der Waals surface area (Å²) in [5.74, 6) is 2.12. The van der Waals surface area contributed by atoms with Crippen LogP contribution in [0.25, 0.3) is 0 Å². The number of fused-ring (bicyclic) bond motifs is 1. The summed E-state index contributed by atoms with van der Waals surface area (Å²) < 4.78 is 18.1. The molecule has 0 amide bonds. The zero-order valence-corrected chi connectivity index (χ0v) is 13.7. The lowest BCUT2D eigenvalue weighted by molar-refractivity contribution is -0.241. The first-order valence-electron chi connectivity index (χ1n) is 7.35. The predicted molar refractivity (Wildman–Crippen MR) is 81.7 cm³/mol. The lowest BCUT2D eigenvalue weighted by Gasteiger charge is -2.45. The topological polar surface area (TPSA) is 27.7 Å². The van der Waals surface area contributed by atoms with Gasteiger partial charge in [-0.1, -0.05) is 35.0 Å². The van der Waals surface area contributed by atoms with Crippen molar-refractivity contribution in [3.8, 4) is 0 Å². The Morgan fingerprint density at radius 3 is 2.35 bits per heavy atom. The van der Waals surface area contributed by atoms with Crippen LogP contribution in [0.15, 0.2) is 25.3 Å². The van der Waals surface area contributed by atoms with Crippen molar-refractivity contribution in [2.75, 3.05) is 7.11 Å². The zero-order chi connectivity index (χ0) is 14.4. The molecule has 0 N–H and O–H groups in total. The first-order chi connectivity index (χ1) is 9.62. The smallest absolute Gasteiger partial charge is 0.161 e. The Kier molecular flexibility index (Phi) is 4.10. The number of methoxy groups -OCH3 is 1. The molecule has 9 atom stereocenters. The molecule has 1 saturated heterocycles. The molecule has 0 aromatic carbocycles. The van der Waals surface area contributed by atoms with E-state index in [1.54, 1.807) is 13.2 Å². The van der Waals surface area contributed by atoms with Crippen molar-refractivity contribution < 1.29 is 14.2 Å². The Labute approximate surface area is 129 Å². The van der Waals surface area contributed by atoms with Gasteiger partial charge in [-0.3, -0.25) is 0 Å². The Morgan fingerprint density at radius 1 is 1.15 bits per heavy atom. The molecule has 1 aliphatic heterocycles. The van der Waals surface area contributed by atoms with Crippen LogP contribution in [0.3, 0.4) is 0 Å². The van der Waals surface area contributed by atoms with Crippen LogP contribution in [0.1, 0.15) is 13.3 Å². The second-order valence-electron chi connectivity index (χ2n) is 6.19. The van der Waals surface area contributed by atoms with E-state index in [-0.39, 0.29) is 24.6 Å². The summed E-state index contributed by atoms with van der Waals surface area (Å²) in [6, 6.07) is 0. The van der Waals surface area contributed by atoms with Crippen molar-refractivity contribution in [2.24, 2.45) is 23.7 Å². The molecule has 3 rings (SSSR count). The molecule has 3 nitrogen and oxygen atoms in total. The van der Waals surface area contributed by atoms with Gasteiger partial charge in [-0.2, -0.15) is 0 Å². The van der Waals surface area contributed by atoms with Crippen LogP contribution in [0.4, 0.5) is 0 Å². The van der Waals surface area contributed by atoms with Crippen LogP contribution in [-0.2, 0) is 14.2 Å². The minimum atomic E-state index is -0.204. The first kappa shape index (κ1) is 14.8. The minimum absolute atomic E-state index is 0.161. The van der Waals surface area contributed by atoms with E-state index in [1.165, 1.54) is 6.42 Å². The highest BCUT2D eigenvalue weighted by molar-refractivity contribution is 9.09. The molecule has 112 valence electrons. The van der Waals surface area contributed by atoms with Gasteiger partial charge in [-0.05, 0) is 24.2 Å². The first-order valence-corrected chi connectivity index (χ1v) is 8.26. The fourth-order valence-corrected chi connectivity index (χ4v) is 5.63. The van der Waals surface area contributed by atoms with Crippen LogP contribution in [0.5, 0.6) is 0 Å². The predicted octanol–water partition coefficient (Wildman–Crippen LogP) is 3.15. The lowest BCUT2D eigenvalue weighted by Crippen LogP contribution is -2.52. The largest absolute Gasteiger partial charge is 0.366 e. The third kappa shape index (κ3) is 2.04. The molecule has 0 unspecified atom stereocenters. The van der Waals surface area contributed by atoms with Crippen LogP contribution < -0.4 is 0 Å². The van der Waals surface area contributed by atoms with Gasteiger partial charge in [-0.25, -0.2) is 0 Å². The van der Waals surface area contributed by atoms with Crippen molar-refractivity contribution >= 4 is 15.9 Å². The second-order valence-corrected chi connectivity index (χ2v) is 7.24. The van der Waals surface area contributed by atoms with Crippen LogP contribution in [0.2, 0.25) is 0 Å². The molecule has 2 saturated carbocycles. The van der Waals surface area contributed by atoms with Crippen LogP contribution in [-0.4, -0.2) is 36.5 Å². The second kappa shape index (κ2) is 5.56. The maximum atomic E-state index is 6.31. The standard InChI is InChI=1S/C16H23BrO3/c1-5-11-12(6-2)20-16(18-4)13-8(3)9-7-10(13)15(19-11)14(9)17/h5-6,8-16H,1-2,7H2,3-4H3/t8-,9+,10-,11+,12-,13+,14+,15+,16+/m0/s1. The van der Waals surface area contributed by atoms with Crippen molar-refractivity contribution in [1.82, 2.24) is 0 Å². The van der Waals surface area contributed by atoms with Crippen molar-refractivity contribution in [1.29, 1.82) is 0 Å². The number of rotatable bonds is 3. The molecule has 1 heterocycles. The van der Waals surface area contributed by atoms with Crippen LogP contribution >= 0.6 is 15.9 Å². The van der Waals surface area contributed by atoms with E-state index >= 15 is 0 Å². The Morgan fingerprint density at radius 2 is 1.80 bits per heavy atom. The summed E-state index contributed by atoms with van der Waals surface area (Å²) in [7, 11) is 1.73. The molecule has 4 heteroatoms. The number of alkyl halides is 1. The van der Waals surface area contributed by atoms with Gasteiger partial charge in [0.25, 0.3) is 0 Å². The van der Waals surface area contributed by atoms with E-state index in [0.717, 1.165) is 0 Å². The van der Waals surface area contributed by atoms with E-state index in [2.05, 4.69) is 36.0 Å². The minimum Gasteiger partial charge on any atom is -0.366 e. The van der Waals surface area contributed by atoms with Crippen molar-refractivity contribution in [3.05, 3.63) is 25.3 Å². The maximum Gasteiger partial charge on any atom is 0.161 e. The van der Waals surface area contributed by atoms with Crippen LogP contribution in [0, 0.1) is 23.7 Å². The van der Waals surface area contributed by atoms with Gasteiger partial charge in [0.15, 0.2) is 6.29 Å². The monoisotopic (exact) mass is 342 g/mol. The SMILES string of the molecule is C=C[C@@H]1O[C@@H](OC)[C@@H]2[C@@H](C)[C@H]3C[C@@H]2[C@@H](O[C@@H]1C=C)[C@@H]3Br. The van der Waals surface area contributed by atoms with Gasteiger partial charge in [0, 0.05) is 17.9 Å². The van der Waals surface area contributed by atoms with E-state index in [4.69, 9.17) is 14.2 Å². The Hall–Kier alpha value is -0.160. The average molecular weight is 343 g/mol. The zero-order valence-electron chi connectivity index (χ0n) is 12.1. The van der Waals surface area contributed by atoms with Crippen molar-refractivity contribution in [2.45, 2.75) is 42.8 Å². The number of ether oxygens (including phenoxy) is 3. The Bertz CT molecular complexity index is 399. The van der Waals surface area contributed by atoms with Gasteiger partial charge < -0.3 is 14.2 Å². The lowest BCUT2D eigenvalue weighted by atomic mass is 9.78. The summed E-state index contributed by atoms with van der Waals surface area (Å²) in [5.41, 5.74) is 0. The number of hydrogen-bond donors (Lipinski definition) is 0. The van der Waals surface area contributed by atoms with E-state index in [0.29, 0.717) is 28.5 Å². The third-order valence-electron chi connectivity index (χ3n) is 5.41. The highest BCUT2D eigenvalue weighted by Crippen LogP contribution is 2.58. The third-order valence-corrected chi connectivity index (χ3v) is 6.61. The summed E-state index contributed by atoms with van der Waals surface area (Å²) in [5, 5.41) is 0. The van der Waals surface area contributed by atoms with Gasteiger partial charge in [-0.15, -0.1) is 13.2 Å². The normalized spacial score (nSPS) is 54.2. The van der Waals surface area contributed by atoms with E-state index < -0.39 is 0 Å². The van der Waals surface area contributed by atoms with Gasteiger partial charge in [0.2, 0.25) is 0 Å². The molecular formula is C16H23BrO3. The molecular weight excluding hydrogens is 320 g/mol. The fraction of sp³-hybridized carbons (Fsp3) is 0.750. The summed E-state index contributed by atoms with van der Waals surface area (Å²) in [6.45, 7) is 10.1. The summed E-state index contributed by atoms with van der Waals surface area (Å²) in [4.78, 5) is 0.419.